The lowest BCUT2D eigenvalue weighted by Gasteiger charge is -2.16. The highest BCUT2D eigenvalue weighted by atomic mass is 32.1. The molecule has 0 unspecified atom stereocenters. The topological polar surface area (TPSA) is 92.6 Å². The zero-order chi connectivity index (χ0) is 24.5. The van der Waals surface area contributed by atoms with Crippen LogP contribution in [0.3, 0.4) is 0 Å². The Hall–Kier alpha value is -2.62. The summed E-state index contributed by atoms with van der Waals surface area (Å²) >= 11 is 3.29. The summed E-state index contributed by atoms with van der Waals surface area (Å²) in [7, 11) is 0. The predicted octanol–water partition coefficient (Wildman–Crippen LogP) is 6.02. The van der Waals surface area contributed by atoms with Crippen LogP contribution >= 0.6 is 22.7 Å². The summed E-state index contributed by atoms with van der Waals surface area (Å²) in [5, 5.41) is 10.1. The van der Waals surface area contributed by atoms with Crippen LogP contribution in [0.5, 0.6) is 0 Å². The van der Waals surface area contributed by atoms with E-state index in [9.17, 15) is 9.59 Å². The smallest absolute Gasteiger partial charge is 0.341 e. The molecule has 2 amide bonds. The number of anilines is 1. The number of hydrogen-bond acceptors (Lipinski definition) is 7. The van der Waals surface area contributed by atoms with Gasteiger partial charge in [-0.2, -0.15) is 0 Å². The fraction of sp³-hybridized carbons (Fsp3) is 0.481. The van der Waals surface area contributed by atoms with Crippen molar-refractivity contribution in [2.24, 2.45) is 0 Å². The van der Waals surface area contributed by atoms with Gasteiger partial charge < -0.3 is 19.8 Å². The Labute approximate surface area is 218 Å². The number of aryl methyl sites for hydroxylation is 1. The van der Waals surface area contributed by atoms with Gasteiger partial charge in [-0.25, -0.2) is 9.59 Å². The van der Waals surface area contributed by atoms with E-state index in [1.54, 1.807) is 23.9 Å². The number of hydrogen-bond donors (Lipinski definition) is 3. The third-order valence-corrected chi connectivity index (χ3v) is 9.96. The summed E-state index contributed by atoms with van der Waals surface area (Å²) in [6.07, 6.45) is 12.5. The fourth-order valence-electron chi connectivity index (χ4n) is 5.62. The number of urea groups is 1. The molecule has 0 radical (unpaired) electrons. The number of amides is 2. The number of ether oxygens (including phenoxy) is 1. The number of fused-ring (bicyclic) bond motifs is 2. The number of carbonyl (C=O) groups excluding carboxylic acids is 2. The van der Waals surface area contributed by atoms with Crippen molar-refractivity contribution in [3.05, 3.63) is 50.6 Å². The summed E-state index contributed by atoms with van der Waals surface area (Å²) in [5.74, 6) is -0.279. The minimum absolute atomic E-state index is 0.00100. The highest BCUT2D eigenvalue weighted by Gasteiger charge is 2.30. The lowest BCUT2D eigenvalue weighted by atomic mass is 9.95. The summed E-state index contributed by atoms with van der Waals surface area (Å²) in [5.41, 5.74) is 5.16. The Morgan fingerprint density at radius 2 is 1.92 bits per heavy atom. The molecule has 1 saturated carbocycles. The molecule has 0 spiro atoms. The van der Waals surface area contributed by atoms with E-state index in [1.807, 2.05) is 6.07 Å². The van der Waals surface area contributed by atoms with Crippen LogP contribution in [0.4, 0.5) is 9.80 Å². The zero-order valence-corrected chi connectivity index (χ0v) is 21.9. The van der Waals surface area contributed by atoms with Crippen molar-refractivity contribution in [2.75, 3.05) is 11.9 Å². The SMILES string of the molecule is O=C(NCc1c(-c2ccoc2)sc2c1CCNC2)Nc1sc2c(c1C(=O)OC1CCCC1)CCCC2. The van der Waals surface area contributed by atoms with Gasteiger partial charge in [0.2, 0.25) is 0 Å². The third-order valence-electron chi connectivity index (χ3n) is 7.43. The van der Waals surface area contributed by atoms with E-state index >= 15 is 0 Å². The first-order chi connectivity index (χ1) is 17.7. The van der Waals surface area contributed by atoms with Crippen molar-refractivity contribution >= 4 is 39.7 Å². The lowest BCUT2D eigenvalue weighted by Crippen LogP contribution is -2.30. The molecular formula is C27H31N3O4S2. The maximum atomic E-state index is 13.2. The maximum absolute atomic E-state index is 13.2. The van der Waals surface area contributed by atoms with Gasteiger partial charge in [0.1, 0.15) is 11.1 Å². The molecule has 0 aromatic carbocycles. The van der Waals surface area contributed by atoms with E-state index in [0.29, 0.717) is 17.1 Å². The molecule has 2 aliphatic carbocycles. The molecule has 1 aliphatic heterocycles. The monoisotopic (exact) mass is 525 g/mol. The highest BCUT2D eigenvalue weighted by Crippen LogP contribution is 2.40. The predicted molar refractivity (Wildman–Crippen MR) is 142 cm³/mol. The van der Waals surface area contributed by atoms with Crippen LogP contribution in [-0.4, -0.2) is 24.6 Å². The lowest BCUT2D eigenvalue weighted by molar-refractivity contribution is 0.0318. The molecular weight excluding hydrogens is 494 g/mol. The Morgan fingerprint density at radius 3 is 2.75 bits per heavy atom. The van der Waals surface area contributed by atoms with Crippen LogP contribution < -0.4 is 16.0 Å². The summed E-state index contributed by atoms with van der Waals surface area (Å²) in [6, 6.07) is 1.67. The molecule has 9 heteroatoms. The van der Waals surface area contributed by atoms with Crippen molar-refractivity contribution in [3.63, 3.8) is 0 Å². The van der Waals surface area contributed by atoms with Crippen LogP contribution in [-0.2, 0) is 37.1 Å². The van der Waals surface area contributed by atoms with Crippen LogP contribution in [0, 0.1) is 0 Å². The molecule has 3 aromatic heterocycles. The molecule has 36 heavy (non-hydrogen) atoms. The fourth-order valence-corrected chi connectivity index (χ4v) is 8.21. The van der Waals surface area contributed by atoms with Crippen molar-refractivity contribution in [1.82, 2.24) is 10.6 Å². The Morgan fingerprint density at radius 1 is 1.06 bits per heavy atom. The molecule has 0 bridgehead atoms. The second kappa shape index (κ2) is 10.4. The number of carbonyl (C=O) groups is 2. The summed E-state index contributed by atoms with van der Waals surface area (Å²) in [4.78, 5) is 30.0. The first-order valence-corrected chi connectivity index (χ1v) is 14.6. The van der Waals surface area contributed by atoms with E-state index in [-0.39, 0.29) is 18.1 Å². The summed E-state index contributed by atoms with van der Waals surface area (Å²) < 4.78 is 11.2. The standard InChI is InChI=1S/C27H31N3O4S2/c31-26(34-17-5-1-2-6-17)23-19-7-3-4-8-21(19)36-25(23)30-27(32)29-13-20-18-9-11-28-14-22(18)35-24(20)16-10-12-33-15-16/h10,12,15,17,28H,1-9,11,13-14H2,(H2,29,30,32). The molecule has 1 fully saturated rings. The molecule has 3 N–H and O–H groups in total. The molecule has 3 aromatic rings. The van der Waals surface area contributed by atoms with Gasteiger partial charge in [0.25, 0.3) is 0 Å². The Balaban J connectivity index is 1.21. The minimum Gasteiger partial charge on any atom is -0.472 e. The van der Waals surface area contributed by atoms with E-state index in [2.05, 4.69) is 16.0 Å². The third kappa shape index (κ3) is 4.71. The maximum Gasteiger partial charge on any atom is 0.341 e. The number of rotatable bonds is 6. The average Bonchev–Trinajstić information content (AvgIpc) is 3.68. The van der Waals surface area contributed by atoms with Gasteiger partial charge >= 0.3 is 12.0 Å². The zero-order valence-electron chi connectivity index (χ0n) is 20.2. The van der Waals surface area contributed by atoms with Gasteiger partial charge in [-0.15, -0.1) is 22.7 Å². The van der Waals surface area contributed by atoms with Crippen molar-refractivity contribution in [3.8, 4) is 10.4 Å². The van der Waals surface area contributed by atoms with E-state index in [0.717, 1.165) is 92.4 Å². The molecule has 6 rings (SSSR count). The van der Waals surface area contributed by atoms with Crippen molar-refractivity contribution in [2.45, 2.75) is 77.0 Å². The van der Waals surface area contributed by atoms with Gasteiger partial charge in [0.15, 0.2) is 0 Å². The van der Waals surface area contributed by atoms with Gasteiger partial charge in [-0.1, -0.05) is 0 Å². The number of nitrogens with one attached hydrogen (secondary N) is 3. The molecule has 3 aliphatic rings. The second-order valence-corrected chi connectivity index (χ2v) is 12.0. The van der Waals surface area contributed by atoms with Gasteiger partial charge in [-0.3, -0.25) is 5.32 Å². The van der Waals surface area contributed by atoms with Gasteiger partial charge in [-0.05, 0) is 87.1 Å². The normalized spacial score (nSPS) is 17.4. The van der Waals surface area contributed by atoms with Crippen LogP contribution in [0.15, 0.2) is 23.0 Å². The number of esters is 1. The van der Waals surface area contributed by atoms with Gasteiger partial charge in [0, 0.05) is 33.3 Å². The molecule has 190 valence electrons. The van der Waals surface area contributed by atoms with Crippen LogP contribution in [0.1, 0.15) is 75.3 Å². The Kier molecular flexibility index (Phi) is 6.86. The molecule has 7 nitrogen and oxygen atoms in total. The largest absolute Gasteiger partial charge is 0.472 e. The number of thiophene rings is 2. The quantitative estimate of drug-likeness (QED) is 0.343. The number of furan rings is 1. The minimum atomic E-state index is -0.296. The molecule has 4 heterocycles. The molecule has 0 atom stereocenters. The van der Waals surface area contributed by atoms with E-state index in [4.69, 9.17) is 9.15 Å². The first-order valence-electron chi connectivity index (χ1n) is 12.9. The van der Waals surface area contributed by atoms with Crippen LogP contribution in [0.2, 0.25) is 0 Å². The van der Waals surface area contributed by atoms with E-state index < -0.39 is 0 Å². The first kappa shape index (κ1) is 23.8. The average molecular weight is 526 g/mol. The van der Waals surface area contributed by atoms with Crippen LogP contribution in [0.25, 0.3) is 10.4 Å². The summed E-state index contributed by atoms with van der Waals surface area (Å²) in [6.45, 7) is 2.20. The van der Waals surface area contributed by atoms with Gasteiger partial charge in [0.05, 0.1) is 18.1 Å². The second-order valence-electron chi connectivity index (χ2n) is 9.78. The highest BCUT2D eigenvalue weighted by molar-refractivity contribution is 7.17. The Bertz CT molecular complexity index is 1250. The van der Waals surface area contributed by atoms with Crippen molar-refractivity contribution in [1.29, 1.82) is 0 Å². The molecule has 0 saturated heterocycles. The van der Waals surface area contributed by atoms with E-state index in [1.165, 1.54) is 26.7 Å². The van der Waals surface area contributed by atoms with Crippen molar-refractivity contribution < 1.29 is 18.7 Å².